The minimum absolute atomic E-state index is 0.122. The van der Waals surface area contributed by atoms with Crippen molar-refractivity contribution in [2.75, 3.05) is 5.73 Å². The third-order valence-electron chi connectivity index (χ3n) is 1.92. The van der Waals surface area contributed by atoms with Crippen molar-refractivity contribution in [1.82, 2.24) is 9.97 Å². The van der Waals surface area contributed by atoms with Crippen LogP contribution in [0.1, 0.15) is 0 Å². The average Bonchev–Trinajstić information content (AvgIpc) is 2.30. The molecule has 0 aliphatic heterocycles. The zero-order valence-corrected chi connectivity index (χ0v) is 9.42. The van der Waals surface area contributed by atoms with Crippen molar-refractivity contribution in [3.63, 3.8) is 0 Å². The SMILES string of the molecule is Nc1nc(Sc2ccccc2)ncc1[N+](=O)[O-]. The van der Waals surface area contributed by atoms with Gasteiger partial charge in [0.1, 0.15) is 6.20 Å². The van der Waals surface area contributed by atoms with Gasteiger partial charge in [-0.25, -0.2) is 4.98 Å². The Hall–Kier alpha value is -2.15. The monoisotopic (exact) mass is 248 g/mol. The fraction of sp³-hybridized carbons (Fsp3) is 0. The normalized spacial score (nSPS) is 10.1. The fourth-order valence-corrected chi connectivity index (χ4v) is 1.91. The molecule has 0 atom stereocenters. The molecule has 86 valence electrons. The van der Waals surface area contributed by atoms with Crippen LogP contribution in [-0.2, 0) is 0 Å². The molecule has 6 nitrogen and oxygen atoms in total. The lowest BCUT2D eigenvalue weighted by molar-refractivity contribution is -0.384. The number of anilines is 1. The smallest absolute Gasteiger partial charge is 0.329 e. The minimum atomic E-state index is -0.605. The number of nitrogens with zero attached hydrogens (tertiary/aromatic N) is 3. The Morgan fingerprint density at radius 3 is 2.59 bits per heavy atom. The summed E-state index contributed by atoms with van der Waals surface area (Å²) in [5, 5.41) is 10.9. The fourth-order valence-electron chi connectivity index (χ4n) is 1.16. The van der Waals surface area contributed by atoms with E-state index in [2.05, 4.69) is 9.97 Å². The maximum atomic E-state index is 10.5. The quantitative estimate of drug-likeness (QED) is 0.508. The second kappa shape index (κ2) is 4.79. The Morgan fingerprint density at radius 2 is 2.00 bits per heavy atom. The molecule has 2 aromatic rings. The summed E-state index contributed by atoms with van der Waals surface area (Å²) in [6, 6.07) is 9.46. The van der Waals surface area contributed by atoms with Crippen molar-refractivity contribution in [1.29, 1.82) is 0 Å². The van der Waals surface area contributed by atoms with E-state index in [0.29, 0.717) is 5.16 Å². The number of hydrogen-bond donors (Lipinski definition) is 1. The Kier molecular flexibility index (Phi) is 3.20. The van der Waals surface area contributed by atoms with E-state index in [1.807, 2.05) is 30.3 Å². The summed E-state index contributed by atoms with van der Waals surface area (Å²) >= 11 is 1.30. The van der Waals surface area contributed by atoms with Crippen LogP contribution in [0.4, 0.5) is 11.5 Å². The number of nitrogens with two attached hydrogens (primary N) is 1. The van der Waals surface area contributed by atoms with E-state index < -0.39 is 4.92 Å². The molecule has 0 aliphatic carbocycles. The molecule has 1 aromatic heterocycles. The van der Waals surface area contributed by atoms with Crippen molar-refractivity contribution < 1.29 is 4.92 Å². The van der Waals surface area contributed by atoms with Crippen molar-refractivity contribution in [2.45, 2.75) is 10.1 Å². The van der Waals surface area contributed by atoms with E-state index in [9.17, 15) is 10.1 Å². The van der Waals surface area contributed by atoms with E-state index in [1.54, 1.807) is 0 Å². The van der Waals surface area contributed by atoms with Crippen LogP contribution in [0.2, 0.25) is 0 Å². The van der Waals surface area contributed by atoms with Gasteiger partial charge in [0.25, 0.3) is 0 Å². The number of benzene rings is 1. The Morgan fingerprint density at radius 1 is 1.29 bits per heavy atom. The summed E-state index contributed by atoms with van der Waals surface area (Å²) in [5.74, 6) is -0.122. The van der Waals surface area contributed by atoms with Crippen LogP contribution in [-0.4, -0.2) is 14.9 Å². The highest BCUT2D eigenvalue weighted by atomic mass is 32.2. The third kappa shape index (κ3) is 2.70. The molecule has 0 bridgehead atoms. The summed E-state index contributed by atoms with van der Waals surface area (Å²) in [4.78, 5) is 18.6. The number of rotatable bonds is 3. The average molecular weight is 248 g/mol. The van der Waals surface area contributed by atoms with E-state index >= 15 is 0 Å². The molecular weight excluding hydrogens is 240 g/mol. The van der Waals surface area contributed by atoms with Crippen molar-refractivity contribution in [3.05, 3.63) is 46.6 Å². The first kappa shape index (κ1) is 11.3. The molecular formula is C10H8N4O2S. The highest BCUT2D eigenvalue weighted by molar-refractivity contribution is 7.99. The molecule has 0 radical (unpaired) electrons. The lowest BCUT2D eigenvalue weighted by Crippen LogP contribution is -2.00. The Balaban J connectivity index is 2.24. The molecule has 1 heterocycles. The molecule has 0 fully saturated rings. The molecule has 0 saturated carbocycles. The molecule has 1 aromatic carbocycles. The second-order valence-electron chi connectivity index (χ2n) is 3.10. The van der Waals surface area contributed by atoms with Gasteiger partial charge >= 0.3 is 5.69 Å². The van der Waals surface area contributed by atoms with Gasteiger partial charge in [0.05, 0.1) is 4.92 Å². The topological polar surface area (TPSA) is 94.9 Å². The molecule has 17 heavy (non-hydrogen) atoms. The number of nitrogen functional groups attached to an aromatic ring is 1. The first-order valence-corrected chi connectivity index (χ1v) is 5.48. The zero-order chi connectivity index (χ0) is 12.3. The summed E-state index contributed by atoms with van der Waals surface area (Å²) < 4.78 is 0. The largest absolute Gasteiger partial charge is 0.378 e. The molecule has 0 aliphatic rings. The molecule has 0 unspecified atom stereocenters. The predicted molar refractivity (Wildman–Crippen MR) is 63.7 cm³/mol. The van der Waals surface area contributed by atoms with Crippen molar-refractivity contribution in [2.24, 2.45) is 0 Å². The number of hydrogen-bond acceptors (Lipinski definition) is 6. The van der Waals surface area contributed by atoms with Gasteiger partial charge in [0.15, 0.2) is 5.16 Å². The standard InChI is InChI=1S/C10H8N4O2S/c11-9-8(14(15)16)6-12-10(13-9)17-7-4-2-1-3-5-7/h1-6H,(H2,11,12,13). The van der Waals surface area contributed by atoms with Gasteiger partial charge in [-0.15, -0.1) is 0 Å². The van der Waals surface area contributed by atoms with Gasteiger partial charge in [-0.3, -0.25) is 10.1 Å². The van der Waals surface area contributed by atoms with E-state index in [4.69, 9.17) is 5.73 Å². The van der Waals surface area contributed by atoms with Crippen LogP contribution in [0.3, 0.4) is 0 Å². The van der Waals surface area contributed by atoms with Gasteiger partial charge in [-0.1, -0.05) is 18.2 Å². The van der Waals surface area contributed by atoms with Crippen LogP contribution in [0.25, 0.3) is 0 Å². The first-order chi connectivity index (χ1) is 8.16. The van der Waals surface area contributed by atoms with E-state index in [0.717, 1.165) is 11.1 Å². The van der Waals surface area contributed by atoms with Crippen LogP contribution < -0.4 is 5.73 Å². The summed E-state index contributed by atoms with van der Waals surface area (Å²) in [5.41, 5.74) is 5.19. The highest BCUT2D eigenvalue weighted by Crippen LogP contribution is 2.26. The lowest BCUT2D eigenvalue weighted by Gasteiger charge is -2.00. The Labute approximate surface area is 101 Å². The van der Waals surface area contributed by atoms with Crippen molar-refractivity contribution >= 4 is 23.3 Å². The van der Waals surface area contributed by atoms with Gasteiger partial charge < -0.3 is 5.73 Å². The van der Waals surface area contributed by atoms with Crippen LogP contribution in [0.15, 0.2) is 46.6 Å². The van der Waals surface area contributed by atoms with E-state index in [-0.39, 0.29) is 11.5 Å². The molecule has 0 amide bonds. The molecule has 0 saturated heterocycles. The van der Waals surface area contributed by atoms with Crippen molar-refractivity contribution in [3.8, 4) is 0 Å². The number of nitro groups is 1. The van der Waals surface area contributed by atoms with Gasteiger partial charge in [-0.2, -0.15) is 4.98 Å². The molecule has 2 N–H and O–H groups in total. The number of aromatic nitrogens is 2. The van der Waals surface area contributed by atoms with Crippen LogP contribution in [0, 0.1) is 10.1 Å². The first-order valence-electron chi connectivity index (χ1n) is 4.66. The predicted octanol–water partition coefficient (Wildman–Crippen LogP) is 2.12. The molecule has 0 spiro atoms. The maximum absolute atomic E-state index is 10.5. The zero-order valence-electron chi connectivity index (χ0n) is 8.61. The third-order valence-corrected chi connectivity index (χ3v) is 2.81. The van der Waals surface area contributed by atoms with Crippen LogP contribution in [0.5, 0.6) is 0 Å². The second-order valence-corrected chi connectivity index (χ2v) is 4.14. The summed E-state index contributed by atoms with van der Waals surface area (Å²) in [6.45, 7) is 0. The maximum Gasteiger partial charge on any atom is 0.329 e. The molecule has 7 heteroatoms. The minimum Gasteiger partial charge on any atom is -0.378 e. The van der Waals surface area contributed by atoms with Gasteiger partial charge in [-0.05, 0) is 23.9 Å². The summed E-state index contributed by atoms with van der Waals surface area (Å²) in [7, 11) is 0. The summed E-state index contributed by atoms with van der Waals surface area (Å²) in [6.07, 6.45) is 1.12. The highest BCUT2D eigenvalue weighted by Gasteiger charge is 2.14. The molecule has 2 rings (SSSR count). The van der Waals surface area contributed by atoms with Gasteiger partial charge in [0, 0.05) is 4.90 Å². The Bertz CT molecular complexity index is 547. The van der Waals surface area contributed by atoms with E-state index in [1.165, 1.54) is 11.8 Å². The lowest BCUT2D eigenvalue weighted by atomic mass is 10.4. The van der Waals surface area contributed by atoms with Gasteiger partial charge in [0.2, 0.25) is 5.82 Å². The van der Waals surface area contributed by atoms with Crippen LogP contribution >= 0.6 is 11.8 Å².